The van der Waals surface area contributed by atoms with Crippen molar-refractivity contribution in [2.75, 3.05) is 0 Å². The van der Waals surface area contributed by atoms with Gasteiger partial charge in [-0.25, -0.2) is 4.79 Å². The summed E-state index contributed by atoms with van der Waals surface area (Å²) in [5.41, 5.74) is 2.50. The van der Waals surface area contributed by atoms with Crippen molar-refractivity contribution < 1.29 is 9.36 Å². The van der Waals surface area contributed by atoms with Crippen molar-refractivity contribution in [1.29, 1.82) is 0 Å². The number of hydrogen-bond acceptors (Lipinski definition) is 2. The standard InChI is InChI=1S/C10H8NOS/c12-10(11-6-7-13-8-11)9-4-2-1-3-5-9/h1-8H/q+1. The number of nitrogens with zero attached hydrogens (tertiary/aromatic N) is 1. The van der Waals surface area contributed by atoms with Crippen LogP contribution in [0.2, 0.25) is 0 Å². The highest BCUT2D eigenvalue weighted by molar-refractivity contribution is 7.07. The Bertz CT molecular complexity index is 394. The average Bonchev–Trinajstić information content (AvgIpc) is 2.71. The smallest absolute Gasteiger partial charge is 0.214 e. The number of hydrogen-bond donors (Lipinski definition) is 0. The van der Waals surface area contributed by atoms with Gasteiger partial charge in [-0.05, 0) is 12.1 Å². The fraction of sp³-hybridized carbons (Fsp3) is 0. The Labute approximate surface area is 80.1 Å². The van der Waals surface area contributed by atoms with Crippen LogP contribution in [0.3, 0.4) is 0 Å². The highest BCUT2D eigenvalue weighted by atomic mass is 32.1. The van der Waals surface area contributed by atoms with Gasteiger partial charge in [0.1, 0.15) is 0 Å². The summed E-state index contributed by atoms with van der Waals surface area (Å²) in [7, 11) is 0. The van der Waals surface area contributed by atoms with Gasteiger partial charge in [-0.15, -0.1) is 4.57 Å². The molecule has 0 bridgehead atoms. The van der Waals surface area contributed by atoms with E-state index < -0.39 is 0 Å². The van der Waals surface area contributed by atoms with Crippen LogP contribution in [-0.4, -0.2) is 5.91 Å². The molecule has 0 saturated carbocycles. The minimum Gasteiger partial charge on any atom is -0.214 e. The van der Waals surface area contributed by atoms with Gasteiger partial charge in [0.25, 0.3) is 0 Å². The van der Waals surface area contributed by atoms with Crippen LogP contribution in [0.15, 0.2) is 47.4 Å². The van der Waals surface area contributed by atoms with E-state index in [0.717, 1.165) is 0 Å². The molecule has 2 rings (SSSR count). The largest absolute Gasteiger partial charge is 0.425 e. The highest BCUT2D eigenvalue weighted by Crippen LogP contribution is 1.98. The zero-order valence-corrected chi connectivity index (χ0v) is 7.70. The fourth-order valence-electron chi connectivity index (χ4n) is 1.08. The minimum atomic E-state index is 0.0156. The molecule has 0 radical (unpaired) electrons. The average molecular weight is 190 g/mol. The summed E-state index contributed by atoms with van der Waals surface area (Å²) in [4.78, 5) is 11.7. The van der Waals surface area contributed by atoms with Crippen LogP contribution in [0.5, 0.6) is 0 Å². The number of carbonyl (C=O) groups is 1. The highest BCUT2D eigenvalue weighted by Gasteiger charge is 2.15. The molecule has 0 unspecified atom stereocenters. The lowest BCUT2D eigenvalue weighted by atomic mass is 10.2. The van der Waals surface area contributed by atoms with Crippen molar-refractivity contribution in [1.82, 2.24) is 0 Å². The van der Waals surface area contributed by atoms with Gasteiger partial charge < -0.3 is 0 Å². The Balaban J connectivity index is 2.34. The Morgan fingerprint density at radius 1 is 1.23 bits per heavy atom. The topological polar surface area (TPSA) is 20.9 Å². The fourth-order valence-corrected chi connectivity index (χ4v) is 1.65. The predicted octanol–water partition coefficient (Wildman–Crippen LogP) is 1.72. The molecule has 0 saturated heterocycles. The van der Waals surface area contributed by atoms with E-state index in [1.807, 2.05) is 35.7 Å². The third-order valence-electron chi connectivity index (χ3n) is 1.73. The summed E-state index contributed by atoms with van der Waals surface area (Å²) in [5, 5.41) is 1.88. The predicted molar refractivity (Wildman–Crippen MR) is 50.7 cm³/mol. The van der Waals surface area contributed by atoms with Crippen LogP contribution in [0.1, 0.15) is 10.4 Å². The third-order valence-corrected chi connectivity index (χ3v) is 2.36. The maximum atomic E-state index is 11.7. The zero-order valence-electron chi connectivity index (χ0n) is 6.88. The summed E-state index contributed by atoms with van der Waals surface area (Å²) in [5.74, 6) is 0.0156. The number of aromatic nitrogens is 1. The van der Waals surface area contributed by atoms with E-state index >= 15 is 0 Å². The first kappa shape index (κ1) is 8.13. The Kier molecular flexibility index (Phi) is 2.19. The van der Waals surface area contributed by atoms with E-state index in [1.165, 1.54) is 11.3 Å². The molecule has 0 amide bonds. The molecular weight excluding hydrogens is 182 g/mol. The van der Waals surface area contributed by atoms with Gasteiger partial charge in [-0.2, -0.15) is 0 Å². The molecule has 13 heavy (non-hydrogen) atoms. The lowest BCUT2D eigenvalue weighted by Crippen LogP contribution is -2.39. The zero-order chi connectivity index (χ0) is 9.10. The van der Waals surface area contributed by atoms with E-state index in [4.69, 9.17) is 0 Å². The van der Waals surface area contributed by atoms with Crippen molar-refractivity contribution in [3.8, 4) is 0 Å². The van der Waals surface area contributed by atoms with Gasteiger partial charge in [0.2, 0.25) is 5.51 Å². The summed E-state index contributed by atoms with van der Waals surface area (Å²) in [6, 6.07) is 9.25. The first-order valence-corrected chi connectivity index (χ1v) is 4.85. The first-order valence-electron chi connectivity index (χ1n) is 3.91. The van der Waals surface area contributed by atoms with Crippen LogP contribution in [0.25, 0.3) is 0 Å². The summed E-state index contributed by atoms with van der Waals surface area (Å²) in [6.45, 7) is 0. The Hall–Kier alpha value is -1.48. The third kappa shape index (κ3) is 1.65. The number of rotatable bonds is 1. The van der Waals surface area contributed by atoms with Gasteiger partial charge >= 0.3 is 5.91 Å². The molecular formula is C10H8NOS+. The molecule has 1 heterocycles. The summed E-state index contributed by atoms with van der Waals surface area (Å²) in [6.07, 6.45) is 1.76. The van der Waals surface area contributed by atoms with Gasteiger partial charge in [-0.3, -0.25) is 0 Å². The van der Waals surface area contributed by atoms with Crippen LogP contribution in [0, 0.1) is 0 Å². The van der Waals surface area contributed by atoms with E-state index in [1.54, 1.807) is 16.3 Å². The quantitative estimate of drug-likeness (QED) is 0.627. The van der Waals surface area contributed by atoms with Crippen molar-refractivity contribution in [3.63, 3.8) is 0 Å². The molecule has 3 heteroatoms. The maximum absolute atomic E-state index is 11.7. The molecule has 2 aromatic rings. The molecule has 0 aliphatic heterocycles. The summed E-state index contributed by atoms with van der Waals surface area (Å²) >= 11 is 1.50. The van der Waals surface area contributed by atoms with Crippen molar-refractivity contribution in [2.45, 2.75) is 0 Å². The maximum Gasteiger partial charge on any atom is 0.425 e. The molecule has 0 fully saturated rings. The molecule has 1 aromatic heterocycles. The number of thiazole rings is 1. The molecule has 2 nitrogen and oxygen atoms in total. The van der Waals surface area contributed by atoms with Crippen molar-refractivity contribution in [3.05, 3.63) is 53.0 Å². The number of benzene rings is 1. The van der Waals surface area contributed by atoms with Crippen LogP contribution < -0.4 is 4.57 Å². The minimum absolute atomic E-state index is 0.0156. The van der Waals surface area contributed by atoms with E-state index in [0.29, 0.717) is 5.56 Å². The SMILES string of the molecule is O=C(c1ccccc1)[n+]1ccsc1. The molecule has 0 N–H and O–H groups in total. The van der Waals surface area contributed by atoms with E-state index in [-0.39, 0.29) is 5.91 Å². The van der Waals surface area contributed by atoms with Crippen molar-refractivity contribution >= 4 is 17.2 Å². The van der Waals surface area contributed by atoms with Crippen LogP contribution in [0.4, 0.5) is 0 Å². The Morgan fingerprint density at radius 3 is 2.62 bits per heavy atom. The Morgan fingerprint density at radius 2 is 2.00 bits per heavy atom. The second-order valence-corrected chi connectivity index (χ2v) is 3.36. The van der Waals surface area contributed by atoms with Gasteiger partial charge in [0.15, 0.2) is 6.20 Å². The number of carbonyl (C=O) groups excluding carboxylic acids is 1. The second-order valence-electron chi connectivity index (χ2n) is 2.61. The van der Waals surface area contributed by atoms with Crippen LogP contribution in [-0.2, 0) is 0 Å². The van der Waals surface area contributed by atoms with Crippen molar-refractivity contribution in [2.24, 2.45) is 0 Å². The first-order chi connectivity index (χ1) is 6.38. The molecule has 0 aliphatic rings. The second kappa shape index (κ2) is 3.49. The normalized spacial score (nSPS) is 9.85. The van der Waals surface area contributed by atoms with E-state index in [9.17, 15) is 4.79 Å². The van der Waals surface area contributed by atoms with Crippen LogP contribution >= 0.6 is 11.3 Å². The van der Waals surface area contributed by atoms with Gasteiger partial charge in [0, 0.05) is 0 Å². The lowest BCUT2D eigenvalue weighted by Gasteiger charge is -1.90. The van der Waals surface area contributed by atoms with E-state index in [2.05, 4.69) is 0 Å². The monoisotopic (exact) mass is 190 g/mol. The molecule has 0 aliphatic carbocycles. The molecule has 0 atom stereocenters. The molecule has 1 aromatic carbocycles. The lowest BCUT2D eigenvalue weighted by molar-refractivity contribution is -0.565. The van der Waals surface area contributed by atoms with Gasteiger partial charge in [0.05, 0.1) is 10.9 Å². The molecule has 0 spiro atoms. The molecule has 64 valence electrons. The van der Waals surface area contributed by atoms with Gasteiger partial charge in [-0.1, -0.05) is 29.5 Å². The summed E-state index contributed by atoms with van der Waals surface area (Å²) < 4.78 is 1.58.